The number of carbonyl (C=O) groups is 2. The van der Waals surface area contributed by atoms with Crippen LogP contribution < -0.4 is 10.1 Å². The molecule has 32 heavy (non-hydrogen) atoms. The van der Waals surface area contributed by atoms with Gasteiger partial charge in [-0.2, -0.15) is 13.2 Å². The predicted molar refractivity (Wildman–Crippen MR) is 112 cm³/mol. The van der Waals surface area contributed by atoms with E-state index in [9.17, 15) is 27.9 Å². The molecule has 0 radical (unpaired) electrons. The van der Waals surface area contributed by atoms with Crippen molar-refractivity contribution >= 4 is 12.0 Å². The second-order valence-electron chi connectivity index (χ2n) is 7.68. The molecule has 0 atom stereocenters. The van der Waals surface area contributed by atoms with Crippen LogP contribution >= 0.6 is 0 Å². The molecule has 6 nitrogen and oxygen atoms in total. The van der Waals surface area contributed by atoms with Crippen molar-refractivity contribution in [2.45, 2.75) is 44.9 Å². The first-order chi connectivity index (χ1) is 15.1. The lowest BCUT2D eigenvalue weighted by molar-refractivity contribution is -0.138. The molecule has 172 valence electrons. The van der Waals surface area contributed by atoms with Crippen LogP contribution in [-0.4, -0.2) is 41.7 Å². The number of halogens is 3. The van der Waals surface area contributed by atoms with Crippen LogP contribution in [0.1, 0.15) is 36.5 Å². The molecule has 1 aliphatic rings. The van der Waals surface area contributed by atoms with E-state index in [1.165, 1.54) is 18.1 Å². The number of ether oxygens (including phenoxy) is 1. The number of methoxy groups -OCH3 is 1. The van der Waals surface area contributed by atoms with Crippen molar-refractivity contribution in [2.75, 3.05) is 13.7 Å². The molecular formula is C23H25F3N2O4. The number of carboxylic acids is 1. The van der Waals surface area contributed by atoms with Gasteiger partial charge in [-0.3, -0.25) is 4.79 Å². The van der Waals surface area contributed by atoms with Crippen LogP contribution in [0.25, 0.3) is 11.1 Å². The summed E-state index contributed by atoms with van der Waals surface area (Å²) in [6.45, 7) is 2.03. The third kappa shape index (κ3) is 5.52. The number of urea groups is 1. The number of carboxylic acid groups (broad SMARTS) is 1. The summed E-state index contributed by atoms with van der Waals surface area (Å²) in [5.74, 6) is -0.775. The third-order valence-electron chi connectivity index (χ3n) is 5.30. The van der Waals surface area contributed by atoms with Gasteiger partial charge in [0, 0.05) is 30.3 Å². The highest BCUT2D eigenvalue weighted by Gasteiger charge is 2.32. The standard InChI is InChI=1S/C23H25F3N2O4/c1-3-28(22(31)27-17-8-9-17)13-15-11-16(23(24,25)26)7-10-18(15)19-6-4-5-14(12-20(29)30)21(19)32-2/h4-7,10-11,17H,3,8-9,12-13H2,1-2H3,(H,27,31)(H,29,30). The molecule has 0 bridgehead atoms. The lowest BCUT2D eigenvalue weighted by Crippen LogP contribution is -2.40. The second-order valence-corrected chi connectivity index (χ2v) is 7.68. The molecule has 0 saturated heterocycles. The van der Waals surface area contributed by atoms with Crippen molar-refractivity contribution in [3.8, 4) is 16.9 Å². The minimum atomic E-state index is -4.55. The maximum absolute atomic E-state index is 13.4. The zero-order valence-corrected chi connectivity index (χ0v) is 17.8. The van der Waals surface area contributed by atoms with Crippen LogP contribution in [0.2, 0.25) is 0 Å². The van der Waals surface area contributed by atoms with Gasteiger partial charge in [-0.05, 0) is 43.0 Å². The van der Waals surface area contributed by atoms with Gasteiger partial charge in [0.1, 0.15) is 5.75 Å². The summed E-state index contributed by atoms with van der Waals surface area (Å²) in [4.78, 5) is 25.2. The monoisotopic (exact) mass is 450 g/mol. The lowest BCUT2D eigenvalue weighted by Gasteiger charge is -2.24. The maximum Gasteiger partial charge on any atom is 0.416 e. The van der Waals surface area contributed by atoms with E-state index in [0.717, 1.165) is 25.0 Å². The summed E-state index contributed by atoms with van der Waals surface area (Å²) in [6.07, 6.45) is -3.05. The average molecular weight is 450 g/mol. The lowest BCUT2D eigenvalue weighted by atomic mass is 9.94. The van der Waals surface area contributed by atoms with Crippen LogP contribution in [0.3, 0.4) is 0 Å². The molecular weight excluding hydrogens is 425 g/mol. The minimum Gasteiger partial charge on any atom is -0.496 e. The number of hydrogen-bond donors (Lipinski definition) is 2. The van der Waals surface area contributed by atoms with Crippen molar-refractivity contribution < 1.29 is 32.6 Å². The van der Waals surface area contributed by atoms with Crippen LogP contribution in [0.15, 0.2) is 36.4 Å². The number of alkyl halides is 3. The van der Waals surface area contributed by atoms with Gasteiger partial charge in [0.15, 0.2) is 0 Å². The minimum absolute atomic E-state index is 0.0411. The number of hydrogen-bond acceptors (Lipinski definition) is 3. The summed E-state index contributed by atoms with van der Waals surface area (Å²) < 4.78 is 45.7. The average Bonchev–Trinajstić information content (AvgIpc) is 3.54. The first-order valence-corrected chi connectivity index (χ1v) is 10.3. The Bertz CT molecular complexity index is 1000. The Labute approximate surface area is 184 Å². The number of aliphatic carboxylic acids is 1. The van der Waals surface area contributed by atoms with Gasteiger partial charge in [0.2, 0.25) is 0 Å². The second kappa shape index (κ2) is 9.50. The SMILES string of the molecule is CCN(Cc1cc(C(F)(F)F)ccc1-c1cccc(CC(=O)O)c1OC)C(=O)NC1CC1. The van der Waals surface area contributed by atoms with Gasteiger partial charge in [0.05, 0.1) is 19.1 Å². The number of nitrogens with zero attached hydrogens (tertiary/aromatic N) is 1. The third-order valence-corrected chi connectivity index (χ3v) is 5.30. The number of amides is 2. The van der Waals surface area contributed by atoms with E-state index in [1.807, 2.05) is 0 Å². The van der Waals surface area contributed by atoms with Crippen LogP contribution in [0.5, 0.6) is 5.75 Å². The van der Waals surface area contributed by atoms with Crippen LogP contribution in [0.4, 0.5) is 18.0 Å². The van der Waals surface area contributed by atoms with Crippen molar-refractivity contribution in [2.24, 2.45) is 0 Å². The molecule has 0 heterocycles. The van der Waals surface area contributed by atoms with E-state index < -0.39 is 17.7 Å². The highest BCUT2D eigenvalue weighted by atomic mass is 19.4. The molecule has 0 aliphatic heterocycles. The molecule has 1 fully saturated rings. The summed E-state index contributed by atoms with van der Waals surface area (Å²) in [6, 6.07) is 8.03. The number of para-hydroxylation sites is 1. The fourth-order valence-electron chi connectivity index (χ4n) is 3.53. The highest BCUT2D eigenvalue weighted by Crippen LogP contribution is 2.39. The maximum atomic E-state index is 13.4. The van der Waals surface area contributed by atoms with Crippen LogP contribution in [0, 0.1) is 0 Å². The largest absolute Gasteiger partial charge is 0.496 e. The normalized spacial score (nSPS) is 13.5. The Hall–Kier alpha value is -3.23. The molecule has 0 unspecified atom stereocenters. The van der Waals surface area contributed by atoms with Gasteiger partial charge in [-0.15, -0.1) is 0 Å². The molecule has 9 heteroatoms. The molecule has 0 aromatic heterocycles. The molecule has 1 saturated carbocycles. The first-order valence-electron chi connectivity index (χ1n) is 10.3. The fourth-order valence-corrected chi connectivity index (χ4v) is 3.53. The van der Waals surface area contributed by atoms with Gasteiger partial charge in [0.25, 0.3) is 0 Å². The van der Waals surface area contributed by atoms with Crippen molar-refractivity contribution in [1.82, 2.24) is 10.2 Å². The van der Waals surface area contributed by atoms with Gasteiger partial charge < -0.3 is 20.1 Å². The highest BCUT2D eigenvalue weighted by molar-refractivity contribution is 5.80. The number of benzene rings is 2. The first kappa shape index (κ1) is 23.4. The van der Waals surface area contributed by atoms with E-state index in [-0.39, 0.29) is 30.8 Å². The van der Waals surface area contributed by atoms with Crippen LogP contribution in [-0.2, 0) is 23.9 Å². The Morgan fingerprint density at radius 2 is 1.88 bits per heavy atom. The summed E-state index contributed by atoms with van der Waals surface area (Å²) in [7, 11) is 1.38. The molecule has 0 spiro atoms. The van der Waals surface area contributed by atoms with Crippen molar-refractivity contribution in [3.05, 3.63) is 53.1 Å². The summed E-state index contributed by atoms with van der Waals surface area (Å²) >= 11 is 0. The summed E-state index contributed by atoms with van der Waals surface area (Å²) in [5, 5.41) is 12.0. The zero-order valence-electron chi connectivity index (χ0n) is 17.8. The van der Waals surface area contributed by atoms with E-state index >= 15 is 0 Å². The van der Waals surface area contributed by atoms with Gasteiger partial charge in [-0.1, -0.05) is 24.3 Å². The Morgan fingerprint density at radius 1 is 1.16 bits per heavy atom. The Morgan fingerprint density at radius 3 is 2.44 bits per heavy atom. The van der Waals surface area contributed by atoms with E-state index in [1.54, 1.807) is 25.1 Å². The topological polar surface area (TPSA) is 78.9 Å². The van der Waals surface area contributed by atoms with Gasteiger partial charge >= 0.3 is 18.2 Å². The Balaban J connectivity index is 2.07. The molecule has 2 N–H and O–H groups in total. The zero-order chi connectivity index (χ0) is 23.5. The Kier molecular flexibility index (Phi) is 6.96. The van der Waals surface area contributed by atoms with E-state index in [2.05, 4.69) is 5.32 Å². The molecule has 2 amide bonds. The van der Waals surface area contributed by atoms with E-state index in [0.29, 0.717) is 28.8 Å². The summed E-state index contributed by atoms with van der Waals surface area (Å²) in [5.41, 5.74) is 0.782. The van der Waals surface area contributed by atoms with E-state index in [4.69, 9.17) is 4.74 Å². The van der Waals surface area contributed by atoms with Crippen molar-refractivity contribution in [1.29, 1.82) is 0 Å². The number of nitrogens with one attached hydrogen (secondary N) is 1. The quantitative estimate of drug-likeness (QED) is 0.611. The molecule has 2 aromatic carbocycles. The fraction of sp³-hybridized carbons (Fsp3) is 0.391. The predicted octanol–water partition coefficient (Wildman–Crippen LogP) is 4.70. The molecule has 2 aromatic rings. The van der Waals surface area contributed by atoms with Gasteiger partial charge in [-0.25, -0.2) is 4.79 Å². The number of rotatable bonds is 8. The molecule has 1 aliphatic carbocycles. The number of carbonyl (C=O) groups excluding carboxylic acids is 1. The van der Waals surface area contributed by atoms with Crippen molar-refractivity contribution in [3.63, 3.8) is 0 Å². The smallest absolute Gasteiger partial charge is 0.416 e. The molecule has 3 rings (SSSR count).